The lowest BCUT2D eigenvalue weighted by atomic mass is 10.3. The first-order valence-electron chi connectivity index (χ1n) is 2.16. The Balaban J connectivity index is 2.33. The topological polar surface area (TPSA) is 9.23 Å². The van der Waals surface area contributed by atoms with Crippen LogP contribution in [-0.2, 0) is 4.74 Å². The minimum atomic E-state index is -0.792. The van der Waals surface area contributed by atoms with E-state index < -0.39 is 6.17 Å². The molecular formula is C4H6BrFO. The van der Waals surface area contributed by atoms with Gasteiger partial charge in [0.25, 0.3) is 0 Å². The average molecular weight is 169 g/mol. The van der Waals surface area contributed by atoms with Crippen LogP contribution in [0.2, 0.25) is 0 Å². The third-order valence-corrected chi connectivity index (χ3v) is 1.78. The van der Waals surface area contributed by atoms with Crippen LogP contribution in [0.15, 0.2) is 0 Å². The molecule has 0 aromatic heterocycles. The van der Waals surface area contributed by atoms with Gasteiger partial charge in [-0.1, -0.05) is 15.9 Å². The van der Waals surface area contributed by atoms with Crippen molar-refractivity contribution in [1.82, 2.24) is 0 Å². The van der Waals surface area contributed by atoms with E-state index in [4.69, 9.17) is 4.74 Å². The number of rotatable bonds is 0. The smallest absolute Gasteiger partial charge is 0.138 e. The maximum Gasteiger partial charge on any atom is 0.138 e. The van der Waals surface area contributed by atoms with Crippen LogP contribution < -0.4 is 0 Å². The van der Waals surface area contributed by atoms with E-state index in [1.165, 1.54) is 0 Å². The highest BCUT2D eigenvalue weighted by Crippen LogP contribution is 2.16. The third-order valence-electron chi connectivity index (χ3n) is 0.947. The van der Waals surface area contributed by atoms with Crippen molar-refractivity contribution in [1.29, 1.82) is 0 Å². The highest BCUT2D eigenvalue weighted by molar-refractivity contribution is 9.09. The molecule has 0 aromatic carbocycles. The van der Waals surface area contributed by atoms with Gasteiger partial charge in [0.05, 0.1) is 18.0 Å². The lowest BCUT2D eigenvalue weighted by Gasteiger charge is -1.95. The van der Waals surface area contributed by atoms with Gasteiger partial charge < -0.3 is 4.74 Å². The Labute approximate surface area is 50.0 Å². The van der Waals surface area contributed by atoms with Crippen molar-refractivity contribution >= 4 is 15.9 Å². The molecule has 2 atom stereocenters. The zero-order valence-electron chi connectivity index (χ0n) is 3.73. The molecule has 0 spiro atoms. The molecule has 0 radical (unpaired) electrons. The molecule has 1 rings (SSSR count). The van der Waals surface area contributed by atoms with Gasteiger partial charge in [0.15, 0.2) is 0 Å². The van der Waals surface area contributed by atoms with E-state index in [2.05, 4.69) is 15.9 Å². The summed E-state index contributed by atoms with van der Waals surface area (Å²) in [5.74, 6) is 0. The molecule has 0 aromatic rings. The molecule has 0 saturated carbocycles. The molecule has 0 amide bonds. The van der Waals surface area contributed by atoms with E-state index in [0.717, 1.165) is 0 Å². The van der Waals surface area contributed by atoms with Crippen LogP contribution in [0.4, 0.5) is 4.39 Å². The molecule has 7 heavy (non-hydrogen) atoms. The molecule has 1 heterocycles. The fourth-order valence-electron chi connectivity index (χ4n) is 0.502. The van der Waals surface area contributed by atoms with Crippen molar-refractivity contribution in [3.8, 4) is 0 Å². The average Bonchev–Trinajstić information content (AvgIpc) is 1.91. The van der Waals surface area contributed by atoms with Crippen LogP contribution in [0.1, 0.15) is 0 Å². The third kappa shape index (κ3) is 1.13. The van der Waals surface area contributed by atoms with E-state index in [1.54, 1.807) is 0 Å². The predicted octanol–water partition coefficient (Wildman–Crippen LogP) is 1.12. The number of hydrogen-bond donors (Lipinski definition) is 0. The van der Waals surface area contributed by atoms with E-state index in [-0.39, 0.29) is 11.4 Å². The molecule has 1 fully saturated rings. The second-order valence-corrected chi connectivity index (χ2v) is 2.75. The van der Waals surface area contributed by atoms with Crippen molar-refractivity contribution in [2.45, 2.75) is 11.0 Å². The van der Waals surface area contributed by atoms with Gasteiger partial charge in [-0.05, 0) is 0 Å². The van der Waals surface area contributed by atoms with Crippen LogP contribution in [0.3, 0.4) is 0 Å². The SMILES string of the molecule is F[C@@H]1COC[C@H]1Br. The monoisotopic (exact) mass is 168 g/mol. The molecule has 1 aliphatic heterocycles. The normalized spacial score (nSPS) is 42.0. The molecule has 0 N–H and O–H groups in total. The Morgan fingerprint density at radius 1 is 1.57 bits per heavy atom. The maximum absolute atomic E-state index is 12.1. The summed E-state index contributed by atoms with van der Waals surface area (Å²) in [7, 11) is 0. The molecule has 1 aliphatic rings. The molecule has 0 unspecified atom stereocenters. The number of halogens is 2. The zero-order chi connectivity index (χ0) is 5.28. The standard InChI is InChI=1S/C4H6BrFO/c5-3-1-7-2-4(3)6/h3-4H,1-2H2/t3-,4-/m1/s1. The van der Waals surface area contributed by atoms with Gasteiger partial charge in [-0.25, -0.2) is 4.39 Å². The first-order valence-corrected chi connectivity index (χ1v) is 3.08. The van der Waals surface area contributed by atoms with Gasteiger partial charge in [-0.15, -0.1) is 0 Å². The summed E-state index contributed by atoms with van der Waals surface area (Å²) in [6, 6.07) is 0. The van der Waals surface area contributed by atoms with Gasteiger partial charge in [0.2, 0.25) is 0 Å². The largest absolute Gasteiger partial charge is 0.377 e. The second kappa shape index (κ2) is 2.09. The predicted molar refractivity (Wildman–Crippen MR) is 28.4 cm³/mol. The van der Waals surface area contributed by atoms with Gasteiger partial charge in [0.1, 0.15) is 6.17 Å². The molecule has 42 valence electrons. The van der Waals surface area contributed by atoms with Crippen molar-refractivity contribution in [2.75, 3.05) is 13.2 Å². The fraction of sp³-hybridized carbons (Fsp3) is 1.00. The van der Waals surface area contributed by atoms with Crippen molar-refractivity contribution in [3.05, 3.63) is 0 Å². The Morgan fingerprint density at radius 3 is 2.43 bits per heavy atom. The molecule has 1 saturated heterocycles. The summed E-state index contributed by atoms with van der Waals surface area (Å²) in [5, 5.41) is 0. The van der Waals surface area contributed by atoms with Crippen LogP contribution in [0.25, 0.3) is 0 Å². The maximum atomic E-state index is 12.1. The van der Waals surface area contributed by atoms with E-state index in [1.807, 2.05) is 0 Å². The van der Waals surface area contributed by atoms with Crippen LogP contribution in [0.5, 0.6) is 0 Å². The zero-order valence-corrected chi connectivity index (χ0v) is 5.32. The molecule has 0 aliphatic carbocycles. The number of alkyl halides is 2. The molecular weight excluding hydrogens is 163 g/mol. The van der Waals surface area contributed by atoms with Crippen LogP contribution in [0, 0.1) is 0 Å². The molecule has 1 nitrogen and oxygen atoms in total. The quantitative estimate of drug-likeness (QED) is 0.493. The van der Waals surface area contributed by atoms with E-state index in [9.17, 15) is 4.39 Å². The van der Waals surface area contributed by atoms with Crippen molar-refractivity contribution in [2.24, 2.45) is 0 Å². The van der Waals surface area contributed by atoms with Crippen LogP contribution in [-0.4, -0.2) is 24.2 Å². The first kappa shape index (κ1) is 5.51. The highest BCUT2D eigenvalue weighted by atomic mass is 79.9. The summed E-state index contributed by atoms with van der Waals surface area (Å²) >= 11 is 3.10. The van der Waals surface area contributed by atoms with E-state index >= 15 is 0 Å². The van der Waals surface area contributed by atoms with Gasteiger partial charge in [0, 0.05) is 0 Å². The highest BCUT2D eigenvalue weighted by Gasteiger charge is 2.24. The van der Waals surface area contributed by atoms with Gasteiger partial charge >= 0.3 is 0 Å². The Bertz CT molecular complexity index is 60.7. The minimum Gasteiger partial charge on any atom is -0.377 e. The lowest BCUT2D eigenvalue weighted by Crippen LogP contribution is -2.10. The lowest BCUT2D eigenvalue weighted by molar-refractivity contribution is 0.173. The van der Waals surface area contributed by atoms with Gasteiger partial charge in [-0.2, -0.15) is 0 Å². The summed E-state index contributed by atoms with van der Waals surface area (Å²) < 4.78 is 16.9. The first-order chi connectivity index (χ1) is 3.30. The summed E-state index contributed by atoms with van der Waals surface area (Å²) in [4.78, 5) is -0.0625. The summed E-state index contributed by atoms with van der Waals surface area (Å²) in [5.41, 5.74) is 0. The molecule has 0 bridgehead atoms. The van der Waals surface area contributed by atoms with Crippen molar-refractivity contribution < 1.29 is 9.13 Å². The minimum absolute atomic E-state index is 0.0625. The second-order valence-electron chi connectivity index (χ2n) is 1.57. The summed E-state index contributed by atoms with van der Waals surface area (Å²) in [6.07, 6.45) is -0.792. The summed E-state index contributed by atoms with van der Waals surface area (Å²) in [6.45, 7) is 0.775. The Hall–Kier alpha value is 0.370. The van der Waals surface area contributed by atoms with Crippen molar-refractivity contribution in [3.63, 3.8) is 0 Å². The Morgan fingerprint density at radius 2 is 2.29 bits per heavy atom. The number of ether oxygens (including phenoxy) is 1. The Kier molecular flexibility index (Phi) is 1.65. The van der Waals surface area contributed by atoms with E-state index in [0.29, 0.717) is 6.61 Å². The molecule has 3 heteroatoms. The number of hydrogen-bond acceptors (Lipinski definition) is 1. The van der Waals surface area contributed by atoms with Gasteiger partial charge in [-0.3, -0.25) is 0 Å². The fourth-order valence-corrected chi connectivity index (χ4v) is 0.842. The van der Waals surface area contributed by atoms with Crippen LogP contribution >= 0.6 is 15.9 Å².